The Balaban J connectivity index is 1.94. The van der Waals surface area contributed by atoms with E-state index in [1.807, 2.05) is 48.5 Å². The maximum atomic E-state index is 5.08. The molecule has 19 heavy (non-hydrogen) atoms. The highest BCUT2D eigenvalue weighted by molar-refractivity contribution is 5.84. The molecule has 0 aliphatic rings. The standard InChI is InChI=1S/C15H15N2O2/c1-18-14-7-3-12(4-8-14)16-11-17-13-5-9-15(19-2)10-6-13/h3-11H,1-2H3/q-1. The fraction of sp³-hybridized carbons (Fsp3) is 0.133. The molecule has 98 valence electrons. The van der Waals surface area contributed by atoms with Crippen LogP contribution in [0, 0.1) is 0 Å². The Labute approximate surface area is 112 Å². The maximum Gasteiger partial charge on any atom is 0.118 e. The lowest BCUT2D eigenvalue weighted by Crippen LogP contribution is -1.81. The van der Waals surface area contributed by atoms with Crippen LogP contribution in [0.25, 0.3) is 5.32 Å². The van der Waals surface area contributed by atoms with Crippen LogP contribution < -0.4 is 9.47 Å². The van der Waals surface area contributed by atoms with Gasteiger partial charge in [0.25, 0.3) is 0 Å². The van der Waals surface area contributed by atoms with Crippen LogP contribution in [-0.2, 0) is 0 Å². The molecule has 0 aliphatic heterocycles. The van der Waals surface area contributed by atoms with E-state index in [0.29, 0.717) is 0 Å². The first-order chi connectivity index (χ1) is 9.31. The fourth-order valence-corrected chi connectivity index (χ4v) is 1.50. The van der Waals surface area contributed by atoms with Crippen molar-refractivity contribution in [2.24, 2.45) is 4.99 Å². The third-order valence-electron chi connectivity index (χ3n) is 2.56. The molecule has 0 saturated heterocycles. The van der Waals surface area contributed by atoms with Crippen molar-refractivity contribution < 1.29 is 9.47 Å². The summed E-state index contributed by atoms with van der Waals surface area (Å²) >= 11 is 0. The minimum atomic E-state index is 0.811. The summed E-state index contributed by atoms with van der Waals surface area (Å²) in [6.45, 7) is 0. The highest BCUT2D eigenvalue weighted by Crippen LogP contribution is 2.22. The Kier molecular flexibility index (Phi) is 4.39. The summed E-state index contributed by atoms with van der Waals surface area (Å²) < 4.78 is 10.2. The van der Waals surface area contributed by atoms with Gasteiger partial charge in [0.05, 0.1) is 14.2 Å². The third-order valence-corrected chi connectivity index (χ3v) is 2.56. The van der Waals surface area contributed by atoms with Crippen LogP contribution in [0.4, 0.5) is 11.4 Å². The number of benzene rings is 2. The third kappa shape index (κ3) is 3.74. The van der Waals surface area contributed by atoms with Crippen molar-refractivity contribution in [3.8, 4) is 11.5 Å². The lowest BCUT2D eigenvalue weighted by Gasteiger charge is -2.09. The first-order valence-corrected chi connectivity index (χ1v) is 5.83. The largest absolute Gasteiger partial charge is 0.497 e. The number of hydrogen-bond acceptors (Lipinski definition) is 3. The van der Waals surface area contributed by atoms with E-state index >= 15 is 0 Å². The minimum Gasteiger partial charge on any atom is -0.497 e. The van der Waals surface area contributed by atoms with Gasteiger partial charge in [0.1, 0.15) is 11.5 Å². The topological polar surface area (TPSA) is 44.9 Å². The van der Waals surface area contributed by atoms with Crippen molar-refractivity contribution in [2.45, 2.75) is 0 Å². The predicted octanol–water partition coefficient (Wildman–Crippen LogP) is 4.07. The van der Waals surface area contributed by atoms with Crippen molar-refractivity contribution in [3.63, 3.8) is 0 Å². The van der Waals surface area contributed by atoms with Crippen LogP contribution in [0.5, 0.6) is 11.5 Å². The monoisotopic (exact) mass is 255 g/mol. The molecule has 2 aromatic carbocycles. The molecule has 0 spiro atoms. The number of aliphatic imine (C=N–C) groups is 1. The molecule has 2 aromatic rings. The molecule has 0 aromatic heterocycles. The van der Waals surface area contributed by atoms with Crippen LogP contribution in [-0.4, -0.2) is 20.6 Å². The summed E-state index contributed by atoms with van der Waals surface area (Å²) in [4.78, 5) is 4.24. The molecule has 4 nitrogen and oxygen atoms in total. The van der Waals surface area contributed by atoms with E-state index in [4.69, 9.17) is 9.47 Å². The summed E-state index contributed by atoms with van der Waals surface area (Å²) in [5.41, 5.74) is 1.66. The van der Waals surface area contributed by atoms with Gasteiger partial charge in [-0.2, -0.15) is 0 Å². The van der Waals surface area contributed by atoms with E-state index in [-0.39, 0.29) is 0 Å². The SMILES string of the molecule is COc1ccc(N=C[N-]c2ccc(OC)cc2)cc1. The van der Waals surface area contributed by atoms with Crippen LogP contribution >= 0.6 is 0 Å². The molecule has 0 aliphatic carbocycles. The summed E-state index contributed by atoms with van der Waals surface area (Å²) in [5, 5.41) is 4.24. The smallest absolute Gasteiger partial charge is 0.118 e. The van der Waals surface area contributed by atoms with Gasteiger partial charge in [-0.05, 0) is 35.6 Å². The lowest BCUT2D eigenvalue weighted by atomic mass is 10.3. The van der Waals surface area contributed by atoms with Crippen LogP contribution in [0.1, 0.15) is 0 Å². The first-order valence-electron chi connectivity index (χ1n) is 5.83. The minimum absolute atomic E-state index is 0.811. The van der Waals surface area contributed by atoms with E-state index in [9.17, 15) is 0 Å². The van der Waals surface area contributed by atoms with E-state index in [0.717, 1.165) is 22.9 Å². The van der Waals surface area contributed by atoms with Gasteiger partial charge in [-0.15, -0.1) is 0 Å². The molecule has 0 fully saturated rings. The average Bonchev–Trinajstić information content (AvgIpc) is 2.49. The molecule has 2 rings (SSSR count). The maximum absolute atomic E-state index is 5.08. The molecule has 0 heterocycles. The summed E-state index contributed by atoms with van der Waals surface area (Å²) in [7, 11) is 3.27. The zero-order valence-corrected chi connectivity index (χ0v) is 10.9. The number of nitrogens with zero attached hydrogens (tertiary/aromatic N) is 2. The second-order valence-corrected chi connectivity index (χ2v) is 3.77. The second kappa shape index (κ2) is 6.44. The van der Waals surface area contributed by atoms with Gasteiger partial charge in [-0.1, -0.05) is 30.6 Å². The second-order valence-electron chi connectivity index (χ2n) is 3.77. The van der Waals surface area contributed by atoms with Gasteiger partial charge < -0.3 is 19.8 Å². The average molecular weight is 255 g/mol. The van der Waals surface area contributed by atoms with E-state index in [1.54, 1.807) is 14.2 Å². The molecular formula is C15H15N2O2-. The van der Waals surface area contributed by atoms with E-state index in [2.05, 4.69) is 10.3 Å². The van der Waals surface area contributed by atoms with Gasteiger partial charge in [-0.25, -0.2) is 0 Å². The molecule has 0 N–H and O–H groups in total. The Bertz CT molecular complexity index is 533. The van der Waals surface area contributed by atoms with Gasteiger partial charge in [0.2, 0.25) is 0 Å². The van der Waals surface area contributed by atoms with Crippen LogP contribution in [0.3, 0.4) is 0 Å². The Morgan fingerprint density at radius 2 is 1.37 bits per heavy atom. The van der Waals surface area contributed by atoms with Crippen LogP contribution in [0.2, 0.25) is 0 Å². The van der Waals surface area contributed by atoms with Crippen LogP contribution in [0.15, 0.2) is 53.5 Å². The summed E-state index contributed by atoms with van der Waals surface area (Å²) in [6.07, 6.45) is 1.53. The molecule has 0 atom stereocenters. The zero-order valence-electron chi connectivity index (χ0n) is 10.9. The zero-order chi connectivity index (χ0) is 13.5. The molecular weight excluding hydrogens is 240 g/mol. The van der Waals surface area contributed by atoms with Crippen molar-refractivity contribution in [1.82, 2.24) is 0 Å². The molecule has 4 heteroatoms. The Morgan fingerprint density at radius 1 is 0.842 bits per heavy atom. The first kappa shape index (κ1) is 13.0. The van der Waals surface area contributed by atoms with E-state index in [1.165, 1.54) is 6.34 Å². The Hall–Kier alpha value is -2.49. The molecule has 0 bridgehead atoms. The van der Waals surface area contributed by atoms with Gasteiger partial charge in [0.15, 0.2) is 0 Å². The highest BCUT2D eigenvalue weighted by atomic mass is 16.5. The summed E-state index contributed by atoms with van der Waals surface area (Å²) in [5.74, 6) is 1.62. The quantitative estimate of drug-likeness (QED) is 0.597. The number of hydrogen-bond donors (Lipinski definition) is 0. The molecule has 0 amide bonds. The lowest BCUT2D eigenvalue weighted by molar-refractivity contribution is 0.415. The Morgan fingerprint density at radius 3 is 1.89 bits per heavy atom. The van der Waals surface area contributed by atoms with Crippen molar-refractivity contribution >= 4 is 17.7 Å². The fourth-order valence-electron chi connectivity index (χ4n) is 1.50. The van der Waals surface area contributed by atoms with Crippen molar-refractivity contribution in [2.75, 3.05) is 14.2 Å². The number of methoxy groups -OCH3 is 2. The van der Waals surface area contributed by atoms with Gasteiger partial charge >= 0.3 is 0 Å². The number of ether oxygens (including phenoxy) is 2. The van der Waals surface area contributed by atoms with Crippen molar-refractivity contribution in [1.29, 1.82) is 0 Å². The highest BCUT2D eigenvalue weighted by Gasteiger charge is 1.88. The summed E-state index contributed by atoms with van der Waals surface area (Å²) in [6, 6.07) is 14.9. The normalized spacial score (nSPS) is 10.4. The molecule has 0 saturated carbocycles. The van der Waals surface area contributed by atoms with E-state index < -0.39 is 0 Å². The van der Waals surface area contributed by atoms with Gasteiger partial charge in [-0.3, -0.25) is 0 Å². The molecule has 0 radical (unpaired) electrons. The predicted molar refractivity (Wildman–Crippen MR) is 77.2 cm³/mol. The van der Waals surface area contributed by atoms with Gasteiger partial charge in [0, 0.05) is 0 Å². The number of rotatable bonds is 5. The molecule has 0 unspecified atom stereocenters. The van der Waals surface area contributed by atoms with Crippen molar-refractivity contribution in [3.05, 3.63) is 53.8 Å².